The van der Waals surface area contributed by atoms with E-state index in [9.17, 15) is 4.79 Å². The van der Waals surface area contributed by atoms with Crippen LogP contribution in [0.3, 0.4) is 0 Å². The number of fused-ring (bicyclic) bond motifs is 1. The number of hydrogen-bond acceptors (Lipinski definition) is 1. The first-order valence-corrected chi connectivity index (χ1v) is 7.11. The Morgan fingerprint density at radius 3 is 2.25 bits per heavy atom. The second-order valence-electron chi connectivity index (χ2n) is 5.71. The number of carbonyl (C=O) groups is 1. The summed E-state index contributed by atoms with van der Waals surface area (Å²) in [5.41, 5.74) is 4.54. The molecule has 3 rings (SSSR count). The van der Waals surface area contributed by atoms with Gasteiger partial charge in [0.2, 0.25) is 0 Å². The number of amides is 1. The van der Waals surface area contributed by atoms with Crippen molar-refractivity contribution in [1.29, 1.82) is 0 Å². The molecule has 0 N–H and O–H groups in total. The van der Waals surface area contributed by atoms with Crippen LogP contribution in [0.1, 0.15) is 46.8 Å². The van der Waals surface area contributed by atoms with Gasteiger partial charge in [0, 0.05) is 18.7 Å². The third-order valence-corrected chi connectivity index (χ3v) is 3.93. The van der Waals surface area contributed by atoms with E-state index in [1.165, 1.54) is 16.7 Å². The fraction of sp³-hybridized carbons (Fsp3) is 0.278. The molecule has 2 nitrogen and oxygen atoms in total. The lowest BCUT2D eigenvalue weighted by atomic mass is 10.0. The van der Waals surface area contributed by atoms with Gasteiger partial charge < -0.3 is 4.90 Å². The molecule has 0 saturated heterocycles. The van der Waals surface area contributed by atoms with E-state index in [2.05, 4.69) is 32.0 Å². The van der Waals surface area contributed by atoms with Crippen molar-refractivity contribution in [2.24, 2.45) is 0 Å². The lowest BCUT2D eigenvalue weighted by Crippen LogP contribution is -2.25. The molecular formula is C18H19NO. The number of nitrogens with zero attached hydrogens (tertiary/aromatic N) is 1. The molecule has 2 heteroatoms. The minimum Gasteiger partial charge on any atom is -0.330 e. The second-order valence-corrected chi connectivity index (χ2v) is 5.71. The normalized spacial score (nSPS) is 13.7. The molecule has 0 spiro atoms. The first-order chi connectivity index (χ1) is 9.65. The Morgan fingerprint density at radius 1 is 1.00 bits per heavy atom. The van der Waals surface area contributed by atoms with E-state index in [0.717, 1.165) is 18.7 Å². The molecule has 2 aromatic carbocycles. The highest BCUT2D eigenvalue weighted by molar-refractivity contribution is 5.94. The molecule has 0 unspecified atom stereocenters. The predicted octanol–water partition coefficient (Wildman–Crippen LogP) is 3.97. The number of carbonyl (C=O) groups excluding carboxylic acids is 1. The third kappa shape index (κ3) is 2.34. The summed E-state index contributed by atoms with van der Waals surface area (Å²) in [7, 11) is 0. The van der Waals surface area contributed by atoms with Crippen molar-refractivity contribution in [2.75, 3.05) is 0 Å². The summed E-state index contributed by atoms with van der Waals surface area (Å²) in [4.78, 5) is 14.5. The van der Waals surface area contributed by atoms with Crippen LogP contribution >= 0.6 is 0 Å². The van der Waals surface area contributed by atoms with Crippen LogP contribution in [0.2, 0.25) is 0 Å². The van der Waals surface area contributed by atoms with E-state index >= 15 is 0 Å². The lowest BCUT2D eigenvalue weighted by molar-refractivity contribution is 0.0751. The average Bonchev–Trinajstić information content (AvgIpc) is 2.90. The number of benzene rings is 2. The minimum absolute atomic E-state index is 0.128. The minimum atomic E-state index is 0.128. The molecule has 1 aliphatic heterocycles. The van der Waals surface area contributed by atoms with Gasteiger partial charge >= 0.3 is 0 Å². The molecule has 0 saturated carbocycles. The molecule has 0 fully saturated rings. The van der Waals surface area contributed by atoms with Gasteiger partial charge in [-0.3, -0.25) is 4.79 Å². The van der Waals surface area contributed by atoms with Gasteiger partial charge in [0.05, 0.1) is 0 Å². The molecule has 1 aliphatic rings. The predicted molar refractivity (Wildman–Crippen MR) is 80.6 cm³/mol. The Balaban J connectivity index is 1.83. The van der Waals surface area contributed by atoms with Gasteiger partial charge in [0.1, 0.15) is 0 Å². The van der Waals surface area contributed by atoms with Crippen molar-refractivity contribution in [3.63, 3.8) is 0 Å². The average molecular weight is 265 g/mol. The molecular weight excluding hydrogens is 246 g/mol. The molecule has 0 aliphatic carbocycles. The largest absolute Gasteiger partial charge is 0.330 e. The van der Waals surface area contributed by atoms with Crippen LogP contribution in [-0.2, 0) is 13.1 Å². The number of rotatable bonds is 2. The zero-order valence-corrected chi connectivity index (χ0v) is 12.0. The van der Waals surface area contributed by atoms with Gasteiger partial charge in [-0.05, 0) is 34.7 Å². The van der Waals surface area contributed by atoms with Crippen LogP contribution in [0.4, 0.5) is 0 Å². The highest BCUT2D eigenvalue weighted by Gasteiger charge is 2.23. The van der Waals surface area contributed by atoms with Crippen molar-refractivity contribution in [2.45, 2.75) is 32.9 Å². The van der Waals surface area contributed by atoms with Crippen LogP contribution in [0, 0.1) is 0 Å². The maximum atomic E-state index is 12.6. The fourth-order valence-corrected chi connectivity index (χ4v) is 2.69. The van der Waals surface area contributed by atoms with E-state index in [-0.39, 0.29) is 5.91 Å². The van der Waals surface area contributed by atoms with Gasteiger partial charge in [-0.2, -0.15) is 0 Å². The molecule has 1 amide bonds. The summed E-state index contributed by atoms with van der Waals surface area (Å²) in [6, 6.07) is 16.3. The molecule has 102 valence electrons. The first-order valence-electron chi connectivity index (χ1n) is 7.11. The second kappa shape index (κ2) is 5.12. The molecule has 0 aromatic heterocycles. The van der Waals surface area contributed by atoms with Gasteiger partial charge in [-0.1, -0.05) is 50.2 Å². The third-order valence-electron chi connectivity index (χ3n) is 3.93. The summed E-state index contributed by atoms with van der Waals surface area (Å²) in [6.45, 7) is 5.74. The molecule has 0 atom stereocenters. The van der Waals surface area contributed by atoms with Crippen molar-refractivity contribution in [3.8, 4) is 0 Å². The van der Waals surface area contributed by atoms with E-state index in [4.69, 9.17) is 0 Å². The standard InChI is InChI=1S/C18H19NO/c1-13(2)14-8-5-9-15(10-14)18(20)19-11-16-6-3-4-7-17(16)12-19/h3-10,13H,11-12H2,1-2H3. The van der Waals surface area contributed by atoms with Gasteiger partial charge in [0.15, 0.2) is 0 Å². The monoisotopic (exact) mass is 265 g/mol. The summed E-state index contributed by atoms with van der Waals surface area (Å²) in [5.74, 6) is 0.572. The van der Waals surface area contributed by atoms with Crippen molar-refractivity contribution >= 4 is 5.91 Å². The maximum absolute atomic E-state index is 12.6. The maximum Gasteiger partial charge on any atom is 0.254 e. The molecule has 0 bridgehead atoms. The summed E-state index contributed by atoms with van der Waals surface area (Å²) < 4.78 is 0. The topological polar surface area (TPSA) is 20.3 Å². The molecule has 20 heavy (non-hydrogen) atoms. The van der Waals surface area contributed by atoms with Crippen LogP contribution in [0.5, 0.6) is 0 Å². The fourth-order valence-electron chi connectivity index (χ4n) is 2.69. The zero-order valence-electron chi connectivity index (χ0n) is 12.0. The van der Waals surface area contributed by atoms with Crippen LogP contribution in [0.25, 0.3) is 0 Å². The Kier molecular flexibility index (Phi) is 3.31. The summed E-state index contributed by atoms with van der Waals surface area (Å²) >= 11 is 0. The molecule has 0 radical (unpaired) electrons. The van der Waals surface area contributed by atoms with Crippen molar-refractivity contribution < 1.29 is 4.79 Å². The van der Waals surface area contributed by atoms with Crippen molar-refractivity contribution in [1.82, 2.24) is 4.90 Å². The lowest BCUT2D eigenvalue weighted by Gasteiger charge is -2.16. The van der Waals surface area contributed by atoms with E-state index in [0.29, 0.717) is 5.92 Å². The van der Waals surface area contributed by atoms with Crippen LogP contribution < -0.4 is 0 Å². The van der Waals surface area contributed by atoms with Crippen molar-refractivity contribution in [3.05, 3.63) is 70.8 Å². The van der Waals surface area contributed by atoms with Crippen LogP contribution in [-0.4, -0.2) is 10.8 Å². The summed E-state index contributed by atoms with van der Waals surface area (Å²) in [5, 5.41) is 0. The molecule has 1 heterocycles. The van der Waals surface area contributed by atoms with Crippen LogP contribution in [0.15, 0.2) is 48.5 Å². The first kappa shape index (κ1) is 12.9. The quantitative estimate of drug-likeness (QED) is 0.804. The molecule has 2 aromatic rings. The Bertz CT molecular complexity index is 620. The highest BCUT2D eigenvalue weighted by atomic mass is 16.2. The summed E-state index contributed by atoms with van der Waals surface area (Å²) in [6.07, 6.45) is 0. The highest BCUT2D eigenvalue weighted by Crippen LogP contribution is 2.25. The SMILES string of the molecule is CC(C)c1cccc(C(=O)N2Cc3ccccc3C2)c1. The zero-order chi connectivity index (χ0) is 14.1. The Labute approximate surface area is 120 Å². The van der Waals surface area contributed by atoms with Gasteiger partial charge in [0.25, 0.3) is 5.91 Å². The van der Waals surface area contributed by atoms with Gasteiger partial charge in [-0.25, -0.2) is 0 Å². The van der Waals surface area contributed by atoms with E-state index < -0.39 is 0 Å². The Hall–Kier alpha value is -2.09. The van der Waals surface area contributed by atoms with E-state index in [1.54, 1.807) is 0 Å². The van der Waals surface area contributed by atoms with E-state index in [1.807, 2.05) is 35.2 Å². The smallest absolute Gasteiger partial charge is 0.254 e. The number of hydrogen-bond donors (Lipinski definition) is 0. The Morgan fingerprint density at radius 2 is 1.65 bits per heavy atom. The van der Waals surface area contributed by atoms with Gasteiger partial charge in [-0.15, -0.1) is 0 Å².